The fraction of sp³-hybridized carbons (Fsp3) is 0.611. The van der Waals surface area contributed by atoms with Crippen molar-refractivity contribution in [3.8, 4) is 0 Å². The molecule has 0 bridgehead atoms. The number of amides is 1. The smallest absolute Gasteiger partial charge is 0.255 e. The number of carbonyl (C=O) groups is 1. The highest BCUT2D eigenvalue weighted by molar-refractivity contribution is 6.34. The van der Waals surface area contributed by atoms with E-state index in [1.807, 2.05) is 18.2 Å². The second kappa shape index (κ2) is 5.24. The molecule has 120 valence electrons. The van der Waals surface area contributed by atoms with Gasteiger partial charge in [-0.2, -0.15) is 0 Å². The van der Waals surface area contributed by atoms with Crippen LogP contribution in [-0.2, 0) is 5.41 Å². The number of nitrogens with zero attached hydrogens (tertiary/aromatic N) is 2. The number of hydrogen-bond donors (Lipinski definition) is 0. The lowest BCUT2D eigenvalue weighted by Gasteiger charge is -2.41. The minimum atomic E-state index is 0.0385. The van der Waals surface area contributed by atoms with E-state index in [0.29, 0.717) is 10.6 Å². The van der Waals surface area contributed by atoms with Crippen molar-refractivity contribution in [2.24, 2.45) is 0 Å². The van der Waals surface area contributed by atoms with E-state index in [2.05, 4.69) is 37.6 Å². The Kier molecular flexibility index (Phi) is 3.77. The molecule has 1 aromatic rings. The van der Waals surface area contributed by atoms with Crippen molar-refractivity contribution >= 4 is 17.5 Å². The number of hydrogen-bond acceptors (Lipinski definition) is 2. The summed E-state index contributed by atoms with van der Waals surface area (Å²) in [7, 11) is 2.13. The molecule has 1 aliphatic heterocycles. The molecular weight excluding hydrogens is 296 g/mol. The first kappa shape index (κ1) is 15.8. The van der Waals surface area contributed by atoms with Crippen molar-refractivity contribution in [1.82, 2.24) is 9.80 Å². The van der Waals surface area contributed by atoms with E-state index >= 15 is 0 Å². The van der Waals surface area contributed by atoms with Gasteiger partial charge < -0.3 is 9.80 Å². The molecule has 1 spiro atoms. The fourth-order valence-electron chi connectivity index (χ4n) is 3.36. The minimum Gasteiger partial charge on any atom is -0.330 e. The first-order chi connectivity index (χ1) is 10.2. The van der Waals surface area contributed by atoms with Gasteiger partial charge in [-0.1, -0.05) is 38.4 Å². The standard InChI is InChI=1S/C18H25ClN2O/c1-17(2,3)13-5-6-14(15(19)11-13)16(22)21-10-9-20(4)12-18(21)7-8-18/h5-6,11H,7-10,12H2,1-4H3. The molecule has 2 fully saturated rings. The lowest BCUT2D eigenvalue weighted by Crippen LogP contribution is -2.55. The molecule has 0 atom stereocenters. The fourth-order valence-corrected chi connectivity index (χ4v) is 3.63. The van der Waals surface area contributed by atoms with E-state index in [0.717, 1.165) is 38.0 Å². The Morgan fingerprint density at radius 2 is 1.91 bits per heavy atom. The zero-order valence-corrected chi connectivity index (χ0v) is 14.7. The molecule has 1 aromatic carbocycles. The largest absolute Gasteiger partial charge is 0.330 e. The van der Waals surface area contributed by atoms with E-state index in [1.54, 1.807) is 0 Å². The first-order valence-corrected chi connectivity index (χ1v) is 8.41. The predicted molar refractivity (Wildman–Crippen MR) is 90.7 cm³/mol. The van der Waals surface area contributed by atoms with Gasteiger partial charge in [-0.05, 0) is 43.0 Å². The molecule has 4 heteroatoms. The molecule has 3 nitrogen and oxygen atoms in total. The zero-order chi connectivity index (χ0) is 16.1. The van der Waals surface area contributed by atoms with E-state index < -0.39 is 0 Å². The molecule has 1 saturated carbocycles. The van der Waals surface area contributed by atoms with Crippen molar-refractivity contribution in [3.63, 3.8) is 0 Å². The van der Waals surface area contributed by atoms with Gasteiger partial charge in [0.15, 0.2) is 0 Å². The van der Waals surface area contributed by atoms with E-state index in [-0.39, 0.29) is 16.9 Å². The quantitative estimate of drug-likeness (QED) is 0.790. The SMILES string of the molecule is CN1CCN(C(=O)c2ccc(C(C)(C)C)cc2Cl)C2(CC2)C1. The normalized spacial score (nSPS) is 21.2. The van der Waals surface area contributed by atoms with Gasteiger partial charge in [0, 0.05) is 19.6 Å². The highest BCUT2D eigenvalue weighted by Gasteiger charge is 2.52. The van der Waals surface area contributed by atoms with Crippen LogP contribution in [0.25, 0.3) is 0 Å². The molecule has 1 aliphatic carbocycles. The molecule has 1 amide bonds. The molecule has 2 aliphatic rings. The van der Waals surface area contributed by atoms with Crippen LogP contribution >= 0.6 is 11.6 Å². The van der Waals surface area contributed by atoms with E-state index in [9.17, 15) is 4.79 Å². The van der Waals surface area contributed by atoms with Crippen molar-refractivity contribution in [2.45, 2.75) is 44.6 Å². The number of halogens is 1. The number of benzene rings is 1. The average molecular weight is 321 g/mol. The summed E-state index contributed by atoms with van der Waals surface area (Å²) in [5.74, 6) is 0.0936. The maximum Gasteiger partial charge on any atom is 0.255 e. The summed E-state index contributed by atoms with van der Waals surface area (Å²) < 4.78 is 0. The zero-order valence-electron chi connectivity index (χ0n) is 13.9. The number of rotatable bonds is 1. The summed E-state index contributed by atoms with van der Waals surface area (Å²) in [6.45, 7) is 9.17. The van der Waals surface area contributed by atoms with Crippen LogP contribution in [0.3, 0.4) is 0 Å². The van der Waals surface area contributed by atoms with Gasteiger partial charge in [-0.15, -0.1) is 0 Å². The number of piperazine rings is 1. The summed E-state index contributed by atoms with van der Waals surface area (Å²) in [6, 6.07) is 5.89. The van der Waals surface area contributed by atoms with E-state index in [1.165, 1.54) is 0 Å². The van der Waals surface area contributed by atoms with Crippen molar-refractivity contribution in [1.29, 1.82) is 0 Å². The minimum absolute atomic E-state index is 0.0385. The Balaban J connectivity index is 1.87. The Morgan fingerprint density at radius 1 is 1.23 bits per heavy atom. The van der Waals surface area contributed by atoms with Crippen molar-refractivity contribution < 1.29 is 4.79 Å². The summed E-state index contributed by atoms with van der Waals surface area (Å²) >= 11 is 6.43. The van der Waals surface area contributed by atoms with Gasteiger partial charge in [0.1, 0.15) is 0 Å². The predicted octanol–water partition coefficient (Wildman–Crippen LogP) is 3.56. The Labute approximate surface area is 138 Å². The monoisotopic (exact) mass is 320 g/mol. The highest BCUT2D eigenvalue weighted by Crippen LogP contribution is 2.45. The molecule has 1 saturated heterocycles. The van der Waals surface area contributed by atoms with E-state index in [4.69, 9.17) is 11.6 Å². The van der Waals surface area contributed by atoms with Crippen LogP contribution in [0.15, 0.2) is 18.2 Å². The molecule has 0 aromatic heterocycles. The van der Waals surface area contributed by atoms with Gasteiger partial charge in [-0.3, -0.25) is 4.79 Å². The van der Waals surface area contributed by atoms with Gasteiger partial charge in [-0.25, -0.2) is 0 Å². The van der Waals surface area contributed by atoms with Crippen LogP contribution in [0.4, 0.5) is 0 Å². The average Bonchev–Trinajstić information content (AvgIpc) is 3.16. The third kappa shape index (κ3) is 2.77. The molecule has 0 unspecified atom stereocenters. The first-order valence-electron chi connectivity index (χ1n) is 8.03. The van der Waals surface area contributed by atoms with Crippen LogP contribution in [0.5, 0.6) is 0 Å². The third-order valence-electron chi connectivity index (χ3n) is 4.98. The molecule has 3 rings (SSSR count). The number of likely N-dealkylation sites (N-methyl/N-ethyl adjacent to an activating group) is 1. The summed E-state index contributed by atoms with van der Waals surface area (Å²) in [5, 5.41) is 0.576. The van der Waals surface area contributed by atoms with Crippen LogP contribution in [-0.4, -0.2) is 47.9 Å². The summed E-state index contributed by atoms with van der Waals surface area (Å²) in [5.41, 5.74) is 1.91. The Bertz CT molecular complexity index is 602. The lowest BCUT2D eigenvalue weighted by molar-refractivity contribution is 0.0442. The summed E-state index contributed by atoms with van der Waals surface area (Å²) in [6.07, 6.45) is 2.22. The second-order valence-electron chi connectivity index (χ2n) is 7.86. The van der Waals surface area contributed by atoms with Gasteiger partial charge in [0.05, 0.1) is 16.1 Å². The maximum atomic E-state index is 13.0. The van der Waals surface area contributed by atoms with Crippen LogP contribution in [0, 0.1) is 0 Å². The highest BCUT2D eigenvalue weighted by atomic mass is 35.5. The maximum absolute atomic E-state index is 13.0. The Morgan fingerprint density at radius 3 is 2.45 bits per heavy atom. The molecule has 0 N–H and O–H groups in total. The lowest BCUT2D eigenvalue weighted by atomic mass is 9.86. The molecule has 0 radical (unpaired) electrons. The van der Waals surface area contributed by atoms with Crippen molar-refractivity contribution in [2.75, 3.05) is 26.7 Å². The molecule has 1 heterocycles. The molecular formula is C18H25ClN2O. The van der Waals surface area contributed by atoms with Crippen LogP contribution < -0.4 is 0 Å². The topological polar surface area (TPSA) is 23.6 Å². The summed E-state index contributed by atoms with van der Waals surface area (Å²) in [4.78, 5) is 17.3. The van der Waals surface area contributed by atoms with Gasteiger partial charge in [0.2, 0.25) is 0 Å². The van der Waals surface area contributed by atoms with Gasteiger partial charge in [0.25, 0.3) is 5.91 Å². The molecule has 22 heavy (non-hydrogen) atoms. The Hall–Kier alpha value is -1.06. The van der Waals surface area contributed by atoms with Crippen LogP contribution in [0.2, 0.25) is 5.02 Å². The number of carbonyl (C=O) groups excluding carboxylic acids is 1. The third-order valence-corrected chi connectivity index (χ3v) is 5.29. The second-order valence-corrected chi connectivity index (χ2v) is 8.27. The van der Waals surface area contributed by atoms with Crippen LogP contribution in [0.1, 0.15) is 49.5 Å². The van der Waals surface area contributed by atoms with Crippen molar-refractivity contribution in [3.05, 3.63) is 34.3 Å². The van der Waals surface area contributed by atoms with Gasteiger partial charge >= 0.3 is 0 Å².